The Morgan fingerprint density at radius 1 is 1.06 bits per heavy atom. The molecule has 0 radical (unpaired) electrons. The number of carbonyl (C=O) groups excluding carboxylic acids is 1. The van der Waals surface area contributed by atoms with Gasteiger partial charge in [-0.05, 0) is 60.5 Å². The van der Waals surface area contributed by atoms with E-state index in [4.69, 9.17) is 27.9 Å². The molecule has 0 saturated carbocycles. The molecule has 1 aliphatic heterocycles. The van der Waals surface area contributed by atoms with Crippen molar-refractivity contribution in [2.45, 2.75) is 37.4 Å². The van der Waals surface area contributed by atoms with Crippen LogP contribution >= 0.6 is 23.2 Å². The number of fused-ring (bicyclic) bond motifs is 1. The number of amides is 1. The van der Waals surface area contributed by atoms with Crippen molar-refractivity contribution >= 4 is 44.8 Å². The zero-order valence-corrected chi connectivity index (χ0v) is 20.1. The van der Waals surface area contributed by atoms with Crippen molar-refractivity contribution in [1.29, 1.82) is 0 Å². The first-order valence-corrected chi connectivity index (χ1v) is 12.6. The summed E-state index contributed by atoms with van der Waals surface area (Å²) in [6.45, 7) is 2.46. The predicted octanol–water partition coefficient (Wildman–Crippen LogP) is 5.49. The molecule has 33 heavy (non-hydrogen) atoms. The fraction of sp³-hybridized carbons (Fsp3) is 0.208. The van der Waals surface area contributed by atoms with Crippen molar-refractivity contribution in [3.05, 3.63) is 87.9 Å². The number of carbonyl (C=O) groups is 1. The van der Waals surface area contributed by atoms with Gasteiger partial charge in [0.1, 0.15) is 5.75 Å². The minimum Gasteiger partial charge on any atom is -0.480 e. The Hall–Kier alpha value is -2.74. The van der Waals surface area contributed by atoms with Crippen LogP contribution in [0.15, 0.2) is 71.6 Å². The fourth-order valence-electron chi connectivity index (χ4n) is 3.62. The summed E-state index contributed by atoms with van der Waals surface area (Å²) in [5.74, 6) is 0.406. The number of anilines is 1. The number of hydrogen-bond acceptors (Lipinski definition) is 4. The smallest absolute Gasteiger partial charge is 0.264 e. The van der Waals surface area contributed by atoms with Crippen molar-refractivity contribution in [2.24, 2.45) is 0 Å². The summed E-state index contributed by atoms with van der Waals surface area (Å²) in [7, 11) is -3.81. The number of halogens is 2. The van der Waals surface area contributed by atoms with Crippen LogP contribution in [0.25, 0.3) is 0 Å². The van der Waals surface area contributed by atoms with E-state index in [1.54, 1.807) is 29.2 Å². The SMILES string of the molecule is CCC1Oc2ccc(NS(=O)(=O)c3ccc(Cl)cc3)cc2CN(Cc2ccccc2Cl)C1=O. The highest BCUT2D eigenvalue weighted by molar-refractivity contribution is 7.92. The van der Waals surface area contributed by atoms with Crippen LogP contribution in [0, 0.1) is 0 Å². The largest absolute Gasteiger partial charge is 0.480 e. The van der Waals surface area contributed by atoms with Crippen LogP contribution in [-0.2, 0) is 27.9 Å². The number of sulfonamides is 1. The van der Waals surface area contributed by atoms with E-state index in [9.17, 15) is 13.2 Å². The third-order valence-corrected chi connectivity index (χ3v) is 7.36. The highest BCUT2D eigenvalue weighted by Crippen LogP contribution is 2.31. The van der Waals surface area contributed by atoms with Gasteiger partial charge in [-0.15, -0.1) is 0 Å². The van der Waals surface area contributed by atoms with E-state index >= 15 is 0 Å². The maximum Gasteiger partial charge on any atom is 0.264 e. The first kappa shape index (κ1) is 23.4. The zero-order valence-electron chi connectivity index (χ0n) is 17.8. The topological polar surface area (TPSA) is 75.7 Å². The molecule has 3 aromatic rings. The summed E-state index contributed by atoms with van der Waals surface area (Å²) in [6, 6.07) is 18.3. The molecule has 1 N–H and O–H groups in total. The second-order valence-electron chi connectivity index (χ2n) is 7.68. The molecule has 1 heterocycles. The van der Waals surface area contributed by atoms with Gasteiger partial charge in [-0.25, -0.2) is 8.42 Å². The molecule has 172 valence electrons. The molecule has 0 saturated heterocycles. The third kappa shape index (κ3) is 5.27. The van der Waals surface area contributed by atoms with Crippen LogP contribution in [0.3, 0.4) is 0 Å². The van der Waals surface area contributed by atoms with E-state index in [0.29, 0.717) is 40.0 Å². The van der Waals surface area contributed by atoms with Gasteiger partial charge in [0, 0.05) is 34.4 Å². The lowest BCUT2D eigenvalue weighted by Gasteiger charge is -2.23. The van der Waals surface area contributed by atoms with Crippen LogP contribution in [0.4, 0.5) is 5.69 Å². The van der Waals surface area contributed by atoms with E-state index in [1.807, 2.05) is 25.1 Å². The fourth-order valence-corrected chi connectivity index (χ4v) is 5.00. The van der Waals surface area contributed by atoms with E-state index in [2.05, 4.69) is 4.72 Å². The summed E-state index contributed by atoms with van der Waals surface area (Å²) >= 11 is 12.2. The number of nitrogens with one attached hydrogen (secondary N) is 1. The second kappa shape index (κ2) is 9.63. The number of rotatable bonds is 6. The molecule has 9 heteroatoms. The second-order valence-corrected chi connectivity index (χ2v) is 10.2. The van der Waals surface area contributed by atoms with Crippen LogP contribution in [0.5, 0.6) is 5.75 Å². The van der Waals surface area contributed by atoms with Crippen LogP contribution < -0.4 is 9.46 Å². The van der Waals surface area contributed by atoms with Gasteiger partial charge < -0.3 is 9.64 Å². The van der Waals surface area contributed by atoms with E-state index in [0.717, 1.165) is 5.56 Å². The number of benzene rings is 3. The number of ether oxygens (including phenoxy) is 1. The molecule has 0 spiro atoms. The molecule has 0 aliphatic carbocycles. The Balaban J connectivity index is 1.63. The molecule has 0 bridgehead atoms. The summed E-state index contributed by atoms with van der Waals surface area (Å²) in [5, 5.41) is 1.03. The standard InChI is InChI=1S/C24H22Cl2N2O4S/c1-2-22-24(29)28(14-16-5-3-4-6-21(16)26)15-17-13-19(9-12-23(17)32-22)27-33(30,31)20-10-7-18(25)8-11-20/h3-13,22,27H,2,14-15H2,1H3. The van der Waals surface area contributed by atoms with Gasteiger partial charge in [-0.1, -0.05) is 48.3 Å². The van der Waals surface area contributed by atoms with Crippen molar-refractivity contribution in [1.82, 2.24) is 4.90 Å². The lowest BCUT2D eigenvalue weighted by molar-refractivity contribution is -0.139. The molecule has 0 fully saturated rings. The van der Waals surface area contributed by atoms with Crippen LogP contribution in [0.1, 0.15) is 24.5 Å². The van der Waals surface area contributed by atoms with Crippen molar-refractivity contribution < 1.29 is 17.9 Å². The Morgan fingerprint density at radius 3 is 2.48 bits per heavy atom. The average molecular weight is 505 g/mol. The summed E-state index contributed by atoms with van der Waals surface area (Å²) in [4.78, 5) is 14.9. The Kier molecular flexibility index (Phi) is 6.83. The summed E-state index contributed by atoms with van der Waals surface area (Å²) in [6.07, 6.45) is -0.132. The lowest BCUT2D eigenvalue weighted by Crippen LogP contribution is -2.38. The maximum absolute atomic E-state index is 13.1. The number of hydrogen-bond donors (Lipinski definition) is 1. The highest BCUT2D eigenvalue weighted by Gasteiger charge is 2.30. The number of nitrogens with zero attached hydrogens (tertiary/aromatic N) is 1. The average Bonchev–Trinajstić information content (AvgIpc) is 2.91. The van der Waals surface area contributed by atoms with Crippen LogP contribution in [-0.4, -0.2) is 25.3 Å². The lowest BCUT2D eigenvalue weighted by atomic mass is 10.1. The Morgan fingerprint density at radius 2 is 1.79 bits per heavy atom. The summed E-state index contributed by atoms with van der Waals surface area (Å²) < 4.78 is 34.1. The van der Waals surface area contributed by atoms with Gasteiger partial charge in [-0.3, -0.25) is 9.52 Å². The van der Waals surface area contributed by atoms with Gasteiger partial charge in [-0.2, -0.15) is 0 Å². The molecule has 1 amide bonds. The molecule has 1 aliphatic rings. The Bertz CT molecular complexity index is 1280. The Labute approximate surface area is 203 Å². The summed E-state index contributed by atoms with van der Waals surface area (Å²) in [5.41, 5.74) is 1.89. The van der Waals surface area contributed by atoms with Gasteiger partial charge in [0.25, 0.3) is 15.9 Å². The van der Waals surface area contributed by atoms with Gasteiger partial charge in [0.2, 0.25) is 0 Å². The molecular formula is C24H22Cl2N2O4S. The third-order valence-electron chi connectivity index (χ3n) is 5.34. The van der Waals surface area contributed by atoms with Gasteiger partial charge in [0.15, 0.2) is 6.10 Å². The quantitative estimate of drug-likeness (QED) is 0.481. The van der Waals surface area contributed by atoms with Crippen LogP contribution in [0.2, 0.25) is 10.0 Å². The highest BCUT2D eigenvalue weighted by atomic mass is 35.5. The van der Waals surface area contributed by atoms with Gasteiger partial charge in [0.05, 0.1) is 4.90 Å². The minimum absolute atomic E-state index is 0.0969. The maximum atomic E-state index is 13.1. The molecular weight excluding hydrogens is 483 g/mol. The zero-order chi connectivity index (χ0) is 23.6. The molecule has 4 rings (SSSR count). The first-order valence-electron chi connectivity index (χ1n) is 10.4. The normalized spacial score (nSPS) is 16.0. The molecule has 1 unspecified atom stereocenters. The molecule has 6 nitrogen and oxygen atoms in total. The molecule has 0 aromatic heterocycles. The van der Waals surface area contributed by atoms with E-state index < -0.39 is 16.1 Å². The minimum atomic E-state index is -3.81. The predicted molar refractivity (Wildman–Crippen MR) is 129 cm³/mol. The molecule has 1 atom stereocenters. The van der Waals surface area contributed by atoms with Crippen molar-refractivity contribution in [2.75, 3.05) is 4.72 Å². The van der Waals surface area contributed by atoms with Crippen molar-refractivity contribution in [3.8, 4) is 5.75 Å². The first-order chi connectivity index (χ1) is 15.8. The van der Waals surface area contributed by atoms with Crippen molar-refractivity contribution in [3.63, 3.8) is 0 Å². The van der Waals surface area contributed by atoms with E-state index in [-0.39, 0.29) is 17.3 Å². The van der Waals surface area contributed by atoms with Gasteiger partial charge >= 0.3 is 0 Å². The van der Waals surface area contributed by atoms with E-state index in [1.165, 1.54) is 24.3 Å². The molecule has 3 aromatic carbocycles. The monoisotopic (exact) mass is 504 g/mol.